The fourth-order valence-electron chi connectivity index (χ4n) is 1.91. The van der Waals surface area contributed by atoms with Crippen molar-refractivity contribution in [3.05, 3.63) is 64.3 Å². The van der Waals surface area contributed by atoms with Crippen molar-refractivity contribution in [3.8, 4) is 5.75 Å². The lowest BCUT2D eigenvalue weighted by Gasteiger charge is -2.05. The third kappa shape index (κ3) is 3.04. The van der Waals surface area contributed by atoms with Gasteiger partial charge in [0.1, 0.15) is 11.3 Å². The maximum atomic E-state index is 12.1. The summed E-state index contributed by atoms with van der Waals surface area (Å²) in [7, 11) is 0. The molecule has 0 saturated heterocycles. The van der Waals surface area contributed by atoms with Crippen molar-refractivity contribution in [2.24, 2.45) is 0 Å². The third-order valence-electron chi connectivity index (χ3n) is 2.96. The number of ether oxygens (including phenoxy) is 1. The number of ketones is 1. The van der Waals surface area contributed by atoms with Crippen LogP contribution in [0.1, 0.15) is 10.6 Å². The molecular formula is C16H10Cl2O3. The Morgan fingerprint density at radius 2 is 1.86 bits per heavy atom. The predicted octanol–water partition coefficient (Wildman–Crippen LogP) is 5.00. The van der Waals surface area contributed by atoms with Gasteiger partial charge in [0.25, 0.3) is 0 Å². The van der Waals surface area contributed by atoms with E-state index in [9.17, 15) is 4.79 Å². The van der Waals surface area contributed by atoms with Crippen LogP contribution in [-0.2, 0) is 0 Å². The Morgan fingerprint density at radius 3 is 2.62 bits per heavy atom. The van der Waals surface area contributed by atoms with Crippen LogP contribution >= 0.6 is 23.2 Å². The van der Waals surface area contributed by atoms with E-state index in [0.29, 0.717) is 21.4 Å². The summed E-state index contributed by atoms with van der Waals surface area (Å²) in [6, 6.07) is 14.0. The van der Waals surface area contributed by atoms with Gasteiger partial charge in [-0.3, -0.25) is 4.79 Å². The Hall–Kier alpha value is -1.97. The first-order chi connectivity index (χ1) is 10.1. The molecule has 0 aliphatic heterocycles. The molecule has 3 aromatic rings. The van der Waals surface area contributed by atoms with Crippen LogP contribution < -0.4 is 4.74 Å². The van der Waals surface area contributed by atoms with E-state index in [1.54, 1.807) is 24.3 Å². The van der Waals surface area contributed by atoms with E-state index in [-0.39, 0.29) is 18.2 Å². The van der Waals surface area contributed by atoms with Crippen LogP contribution in [0.25, 0.3) is 11.0 Å². The highest BCUT2D eigenvalue weighted by Gasteiger charge is 2.13. The molecule has 0 unspecified atom stereocenters. The molecule has 0 saturated carbocycles. The minimum atomic E-state index is -0.239. The lowest BCUT2D eigenvalue weighted by atomic mass is 10.2. The van der Waals surface area contributed by atoms with Crippen molar-refractivity contribution in [1.82, 2.24) is 0 Å². The monoisotopic (exact) mass is 320 g/mol. The summed E-state index contributed by atoms with van der Waals surface area (Å²) < 4.78 is 10.9. The molecule has 0 aliphatic carbocycles. The number of para-hydroxylation sites is 1. The van der Waals surface area contributed by atoms with E-state index >= 15 is 0 Å². The van der Waals surface area contributed by atoms with Crippen LogP contribution in [0.4, 0.5) is 0 Å². The fourth-order valence-corrected chi connectivity index (χ4v) is 2.19. The molecule has 0 N–H and O–H groups in total. The average molecular weight is 321 g/mol. The van der Waals surface area contributed by atoms with Gasteiger partial charge in [-0.05, 0) is 24.3 Å². The highest BCUT2D eigenvalue weighted by molar-refractivity contribution is 6.42. The molecule has 0 bridgehead atoms. The summed E-state index contributed by atoms with van der Waals surface area (Å²) in [5.74, 6) is 0.516. The van der Waals surface area contributed by atoms with Gasteiger partial charge in [0.2, 0.25) is 5.78 Å². The number of hydrogen-bond acceptors (Lipinski definition) is 3. The van der Waals surface area contributed by atoms with Crippen LogP contribution in [0.2, 0.25) is 10.0 Å². The number of furan rings is 1. The van der Waals surface area contributed by atoms with Crippen LogP contribution in [0.3, 0.4) is 0 Å². The van der Waals surface area contributed by atoms with Crippen molar-refractivity contribution in [3.63, 3.8) is 0 Å². The molecule has 3 nitrogen and oxygen atoms in total. The molecule has 0 aliphatic rings. The molecule has 0 amide bonds. The zero-order chi connectivity index (χ0) is 14.8. The van der Waals surface area contributed by atoms with Crippen LogP contribution in [0.15, 0.2) is 52.9 Å². The number of carbonyl (C=O) groups is 1. The Labute approximate surface area is 131 Å². The first-order valence-corrected chi connectivity index (χ1v) is 6.99. The second-order valence-corrected chi connectivity index (χ2v) is 5.25. The molecule has 1 heterocycles. The minimum Gasteiger partial charge on any atom is -0.485 e. The van der Waals surface area contributed by atoms with Gasteiger partial charge in [-0.1, -0.05) is 41.4 Å². The molecule has 0 atom stereocenters. The molecule has 0 radical (unpaired) electrons. The first-order valence-electron chi connectivity index (χ1n) is 6.23. The Bertz CT molecular complexity index is 775. The zero-order valence-electron chi connectivity index (χ0n) is 10.8. The number of Topliss-reactive ketones (excluding diaryl/α,β-unsaturated/α-hetero) is 1. The average Bonchev–Trinajstić information content (AvgIpc) is 2.92. The summed E-state index contributed by atoms with van der Waals surface area (Å²) in [6.45, 7) is -0.127. The maximum Gasteiger partial charge on any atom is 0.235 e. The van der Waals surface area contributed by atoms with Crippen molar-refractivity contribution in [2.45, 2.75) is 0 Å². The van der Waals surface area contributed by atoms with E-state index in [1.807, 2.05) is 24.3 Å². The first kappa shape index (κ1) is 14.0. The quantitative estimate of drug-likeness (QED) is 0.635. The second-order valence-electron chi connectivity index (χ2n) is 4.44. The van der Waals surface area contributed by atoms with Gasteiger partial charge < -0.3 is 9.15 Å². The molecule has 1 aromatic heterocycles. The van der Waals surface area contributed by atoms with E-state index in [2.05, 4.69) is 0 Å². The van der Waals surface area contributed by atoms with Crippen molar-refractivity contribution < 1.29 is 13.9 Å². The van der Waals surface area contributed by atoms with Gasteiger partial charge in [-0.25, -0.2) is 0 Å². The molecular weight excluding hydrogens is 311 g/mol. The number of rotatable bonds is 4. The summed E-state index contributed by atoms with van der Waals surface area (Å²) in [5.41, 5.74) is 0.676. The molecule has 21 heavy (non-hydrogen) atoms. The zero-order valence-corrected chi connectivity index (χ0v) is 12.3. The summed E-state index contributed by atoms with van der Waals surface area (Å²) >= 11 is 11.7. The van der Waals surface area contributed by atoms with Crippen LogP contribution in [0.5, 0.6) is 5.75 Å². The number of carbonyl (C=O) groups excluding carboxylic acids is 1. The van der Waals surface area contributed by atoms with Crippen LogP contribution in [0, 0.1) is 0 Å². The lowest BCUT2D eigenvalue weighted by Crippen LogP contribution is -2.10. The predicted molar refractivity (Wildman–Crippen MR) is 82.5 cm³/mol. The van der Waals surface area contributed by atoms with E-state index in [0.717, 1.165) is 5.39 Å². The molecule has 0 spiro atoms. The van der Waals surface area contributed by atoms with Gasteiger partial charge >= 0.3 is 0 Å². The maximum absolute atomic E-state index is 12.1. The normalized spacial score (nSPS) is 10.8. The standard InChI is InChI=1S/C16H10Cl2O3/c17-12-6-5-11(8-13(12)18)20-9-14(19)16-7-10-3-1-2-4-15(10)21-16/h1-8H,9H2. The highest BCUT2D eigenvalue weighted by atomic mass is 35.5. The Balaban J connectivity index is 1.72. The van der Waals surface area contributed by atoms with Crippen LogP contribution in [-0.4, -0.2) is 12.4 Å². The van der Waals surface area contributed by atoms with Gasteiger partial charge in [0.05, 0.1) is 10.0 Å². The molecule has 2 aromatic carbocycles. The minimum absolute atomic E-state index is 0.127. The van der Waals surface area contributed by atoms with E-state index < -0.39 is 0 Å². The van der Waals surface area contributed by atoms with Gasteiger partial charge in [0, 0.05) is 11.5 Å². The topological polar surface area (TPSA) is 39.4 Å². The number of hydrogen-bond donors (Lipinski definition) is 0. The van der Waals surface area contributed by atoms with Crippen molar-refractivity contribution >= 4 is 40.0 Å². The number of halogens is 2. The Morgan fingerprint density at radius 1 is 1.05 bits per heavy atom. The Kier molecular flexibility index (Phi) is 3.86. The third-order valence-corrected chi connectivity index (χ3v) is 3.70. The van der Waals surface area contributed by atoms with Crippen molar-refractivity contribution in [1.29, 1.82) is 0 Å². The fraction of sp³-hybridized carbons (Fsp3) is 0.0625. The highest BCUT2D eigenvalue weighted by Crippen LogP contribution is 2.26. The van der Waals surface area contributed by atoms with Crippen molar-refractivity contribution in [2.75, 3.05) is 6.61 Å². The number of benzene rings is 2. The molecule has 3 rings (SSSR count). The van der Waals surface area contributed by atoms with Gasteiger partial charge in [0.15, 0.2) is 12.4 Å². The molecule has 0 fully saturated rings. The van der Waals surface area contributed by atoms with E-state index in [4.69, 9.17) is 32.4 Å². The summed E-state index contributed by atoms with van der Waals surface area (Å²) in [6.07, 6.45) is 0. The number of fused-ring (bicyclic) bond motifs is 1. The molecule has 106 valence electrons. The summed E-state index contributed by atoms with van der Waals surface area (Å²) in [4.78, 5) is 12.1. The van der Waals surface area contributed by atoms with Gasteiger partial charge in [-0.15, -0.1) is 0 Å². The summed E-state index contributed by atoms with van der Waals surface area (Å²) in [5, 5.41) is 1.70. The van der Waals surface area contributed by atoms with E-state index in [1.165, 1.54) is 0 Å². The molecule has 5 heteroatoms. The van der Waals surface area contributed by atoms with Gasteiger partial charge in [-0.2, -0.15) is 0 Å². The second kappa shape index (κ2) is 5.80. The lowest BCUT2D eigenvalue weighted by molar-refractivity contribution is 0.0896. The largest absolute Gasteiger partial charge is 0.485 e. The smallest absolute Gasteiger partial charge is 0.235 e. The SMILES string of the molecule is O=C(COc1ccc(Cl)c(Cl)c1)c1cc2ccccc2o1.